The Morgan fingerprint density at radius 3 is 2.50 bits per heavy atom. The van der Waals surface area contributed by atoms with E-state index in [4.69, 9.17) is 5.73 Å². The molecule has 0 radical (unpaired) electrons. The van der Waals surface area contributed by atoms with Crippen LogP contribution in [0.3, 0.4) is 0 Å². The maximum Gasteiger partial charge on any atom is 0.255 e. The molecular formula is C23H27N3O8. The van der Waals surface area contributed by atoms with Crippen molar-refractivity contribution in [3.63, 3.8) is 0 Å². The lowest BCUT2D eigenvalue weighted by atomic mass is 9.58. The minimum atomic E-state index is -2.71. The molecule has 0 heterocycles. The normalized spacial score (nSPS) is 28.4. The van der Waals surface area contributed by atoms with Crippen molar-refractivity contribution in [2.75, 3.05) is 32.1 Å². The van der Waals surface area contributed by atoms with E-state index in [-0.39, 0.29) is 42.9 Å². The maximum absolute atomic E-state index is 13.5. The van der Waals surface area contributed by atoms with Crippen LogP contribution in [0.4, 0.5) is 5.69 Å². The number of aromatic hydroxyl groups is 1. The number of benzene rings is 1. The number of Topliss-reactive ketones (excluding diaryl/α,β-unsaturated/α-hetero) is 2. The Bertz CT molecular complexity index is 1170. The molecule has 4 atom stereocenters. The monoisotopic (exact) mass is 473 g/mol. The first-order valence-corrected chi connectivity index (χ1v) is 10.8. The molecule has 0 spiro atoms. The summed E-state index contributed by atoms with van der Waals surface area (Å²) in [6.45, 7) is -0.396. The number of amides is 1. The van der Waals surface area contributed by atoms with E-state index in [1.54, 1.807) is 25.1 Å². The summed E-state index contributed by atoms with van der Waals surface area (Å²) in [5.41, 5.74) is 2.68. The molecule has 3 aliphatic rings. The van der Waals surface area contributed by atoms with Crippen LogP contribution in [-0.2, 0) is 16.0 Å². The number of nitrogens with zero attached hydrogens (tertiary/aromatic N) is 1. The second kappa shape index (κ2) is 8.12. The van der Waals surface area contributed by atoms with E-state index in [1.165, 1.54) is 6.07 Å². The average Bonchev–Trinajstić information content (AvgIpc) is 2.75. The molecule has 8 N–H and O–H groups in total. The van der Waals surface area contributed by atoms with Gasteiger partial charge in [-0.05, 0) is 36.5 Å². The van der Waals surface area contributed by atoms with Crippen LogP contribution in [0.5, 0.6) is 5.75 Å². The summed E-state index contributed by atoms with van der Waals surface area (Å²) in [5, 5.41) is 55.9. The smallest absolute Gasteiger partial charge is 0.255 e. The Hall–Kier alpha value is -3.41. The van der Waals surface area contributed by atoms with Crippen LogP contribution < -0.4 is 16.0 Å². The quantitative estimate of drug-likeness (QED) is 0.266. The summed E-state index contributed by atoms with van der Waals surface area (Å²) in [5.74, 6) is -7.08. The van der Waals surface area contributed by atoms with Crippen LogP contribution >= 0.6 is 0 Å². The van der Waals surface area contributed by atoms with Crippen molar-refractivity contribution in [1.82, 2.24) is 5.32 Å². The SMILES string of the molecule is CN(C)c1ccc(O)c2c1CC1C[C@H]3[C@@H](NCCO)C(O)=C(C(N)=O)C(=O)[C@@]3(O)C(O)=C1C2=O. The number of ketones is 2. The van der Waals surface area contributed by atoms with E-state index in [0.717, 1.165) is 0 Å². The molecule has 34 heavy (non-hydrogen) atoms. The number of carbonyl (C=O) groups excluding carboxylic acids is 3. The van der Waals surface area contributed by atoms with E-state index in [9.17, 15) is 39.9 Å². The number of phenolic OH excluding ortho intramolecular Hbond substituents is 1. The second-order valence-electron chi connectivity index (χ2n) is 9.06. The van der Waals surface area contributed by atoms with Crippen LogP contribution in [0, 0.1) is 11.8 Å². The minimum Gasteiger partial charge on any atom is -0.510 e. The van der Waals surface area contributed by atoms with E-state index < -0.39 is 58.0 Å². The molecule has 11 heteroatoms. The molecule has 1 aromatic rings. The fraction of sp³-hybridized carbons (Fsp3) is 0.435. The Morgan fingerprint density at radius 1 is 1.24 bits per heavy atom. The topological polar surface area (TPSA) is 194 Å². The van der Waals surface area contributed by atoms with E-state index in [1.807, 2.05) is 0 Å². The summed E-state index contributed by atoms with van der Waals surface area (Å²) in [7, 11) is 3.56. The molecule has 0 bridgehead atoms. The fourth-order valence-corrected chi connectivity index (χ4v) is 5.54. The van der Waals surface area contributed by atoms with Gasteiger partial charge in [-0.2, -0.15) is 0 Å². The number of rotatable bonds is 5. The molecule has 11 nitrogen and oxygen atoms in total. The largest absolute Gasteiger partial charge is 0.510 e. The fourth-order valence-electron chi connectivity index (χ4n) is 5.54. The Labute approximate surface area is 194 Å². The molecule has 1 aromatic carbocycles. The molecule has 4 rings (SSSR count). The Morgan fingerprint density at radius 2 is 1.91 bits per heavy atom. The zero-order chi connectivity index (χ0) is 25.1. The number of primary amides is 1. The average molecular weight is 473 g/mol. The molecule has 1 unspecified atom stereocenters. The highest BCUT2D eigenvalue weighted by Crippen LogP contribution is 2.52. The van der Waals surface area contributed by atoms with Gasteiger partial charge in [-0.25, -0.2) is 0 Å². The van der Waals surface area contributed by atoms with Gasteiger partial charge in [0.05, 0.1) is 18.2 Å². The number of anilines is 1. The van der Waals surface area contributed by atoms with Crippen molar-refractivity contribution in [3.8, 4) is 5.75 Å². The molecule has 0 saturated heterocycles. The first kappa shape index (κ1) is 23.7. The first-order chi connectivity index (χ1) is 16.0. The third-order valence-corrected chi connectivity index (χ3v) is 7.02. The molecule has 3 aliphatic carbocycles. The number of phenols is 1. The standard InChI is InChI=1S/C23H27N3O8/c1-26(2)12-3-4-13(28)15-10(12)7-9-8-11-17(25-5-6-27)19(30)16(22(24)33)21(32)23(11,34)20(31)14(9)18(15)29/h3-4,9,11,17,25,27-28,30-31,34H,5-8H2,1-2H3,(H2,24,33)/t9?,11-,17+,23-/m0/s1. The van der Waals surface area contributed by atoms with Crippen LogP contribution in [-0.4, -0.2) is 81.9 Å². The number of carbonyl (C=O) groups is 3. The van der Waals surface area contributed by atoms with Crippen molar-refractivity contribution < 1.29 is 39.9 Å². The van der Waals surface area contributed by atoms with Gasteiger partial charge in [0.1, 0.15) is 22.8 Å². The van der Waals surface area contributed by atoms with Crippen LogP contribution in [0.15, 0.2) is 34.8 Å². The van der Waals surface area contributed by atoms with Gasteiger partial charge < -0.3 is 41.5 Å². The zero-order valence-corrected chi connectivity index (χ0v) is 18.7. The predicted octanol–water partition coefficient (Wildman–Crippen LogP) is -0.793. The van der Waals surface area contributed by atoms with Gasteiger partial charge in [0.2, 0.25) is 5.78 Å². The molecule has 182 valence electrons. The van der Waals surface area contributed by atoms with E-state index in [2.05, 4.69) is 5.32 Å². The highest BCUT2D eigenvalue weighted by atomic mass is 16.3. The Balaban J connectivity index is 1.94. The molecule has 0 aromatic heterocycles. The number of aliphatic hydroxyl groups excluding tert-OH is 3. The van der Waals surface area contributed by atoms with Gasteiger partial charge >= 0.3 is 0 Å². The lowest BCUT2D eigenvalue weighted by Crippen LogP contribution is -2.64. The van der Waals surface area contributed by atoms with E-state index in [0.29, 0.717) is 11.3 Å². The number of hydrogen-bond donors (Lipinski definition) is 7. The van der Waals surface area contributed by atoms with Gasteiger partial charge in [-0.15, -0.1) is 0 Å². The summed E-state index contributed by atoms with van der Waals surface area (Å²) in [6.07, 6.45) is 0.192. The van der Waals surface area contributed by atoms with Crippen LogP contribution in [0.25, 0.3) is 0 Å². The lowest BCUT2D eigenvalue weighted by Gasteiger charge is -2.49. The summed E-state index contributed by atoms with van der Waals surface area (Å²) >= 11 is 0. The van der Waals surface area contributed by atoms with Crippen molar-refractivity contribution in [2.24, 2.45) is 17.6 Å². The van der Waals surface area contributed by atoms with Gasteiger partial charge in [0.15, 0.2) is 11.4 Å². The predicted molar refractivity (Wildman–Crippen MR) is 119 cm³/mol. The number of nitrogens with one attached hydrogen (secondary N) is 1. The Kier molecular flexibility index (Phi) is 5.67. The first-order valence-electron chi connectivity index (χ1n) is 10.8. The maximum atomic E-state index is 13.5. The highest BCUT2D eigenvalue weighted by Gasteiger charge is 2.62. The van der Waals surface area contributed by atoms with Crippen LogP contribution in [0.2, 0.25) is 0 Å². The third-order valence-electron chi connectivity index (χ3n) is 7.02. The number of fused-ring (bicyclic) bond motifs is 3. The molecule has 1 amide bonds. The number of allylic oxidation sites excluding steroid dienone is 1. The van der Waals surface area contributed by atoms with Crippen molar-refractivity contribution in [2.45, 2.75) is 24.5 Å². The van der Waals surface area contributed by atoms with Crippen molar-refractivity contribution >= 4 is 23.2 Å². The molecule has 0 fully saturated rings. The zero-order valence-electron chi connectivity index (χ0n) is 18.7. The minimum absolute atomic E-state index is 0.0193. The summed E-state index contributed by atoms with van der Waals surface area (Å²) < 4.78 is 0. The van der Waals surface area contributed by atoms with Gasteiger partial charge in [0, 0.05) is 37.8 Å². The van der Waals surface area contributed by atoms with Gasteiger partial charge in [0.25, 0.3) is 5.91 Å². The molecule has 0 saturated carbocycles. The summed E-state index contributed by atoms with van der Waals surface area (Å²) in [4.78, 5) is 40.4. The third kappa shape index (κ3) is 3.11. The number of hydrogen-bond acceptors (Lipinski definition) is 10. The summed E-state index contributed by atoms with van der Waals surface area (Å²) in [6, 6.07) is 1.82. The van der Waals surface area contributed by atoms with E-state index >= 15 is 0 Å². The molecule has 0 aliphatic heterocycles. The second-order valence-corrected chi connectivity index (χ2v) is 9.06. The van der Waals surface area contributed by atoms with Gasteiger partial charge in [-0.1, -0.05) is 0 Å². The van der Waals surface area contributed by atoms with Crippen LogP contribution in [0.1, 0.15) is 22.3 Å². The van der Waals surface area contributed by atoms with Crippen molar-refractivity contribution in [1.29, 1.82) is 0 Å². The highest BCUT2D eigenvalue weighted by molar-refractivity contribution is 6.24. The van der Waals surface area contributed by atoms with Crippen molar-refractivity contribution in [3.05, 3.63) is 45.9 Å². The number of nitrogens with two attached hydrogens (primary N) is 1. The number of aliphatic hydroxyl groups is 4. The lowest BCUT2D eigenvalue weighted by molar-refractivity contribution is -0.146. The van der Waals surface area contributed by atoms with Gasteiger partial charge in [-0.3, -0.25) is 14.4 Å². The molecular weight excluding hydrogens is 446 g/mol.